The van der Waals surface area contributed by atoms with E-state index in [9.17, 15) is 9.18 Å². The van der Waals surface area contributed by atoms with Crippen LogP contribution in [0, 0.1) is 5.82 Å². The van der Waals surface area contributed by atoms with Crippen molar-refractivity contribution in [3.8, 4) is 0 Å². The monoisotopic (exact) mass is 241 g/mol. The van der Waals surface area contributed by atoms with Crippen LogP contribution in [0.5, 0.6) is 0 Å². The first-order valence-corrected chi connectivity index (χ1v) is 5.48. The maximum absolute atomic E-state index is 11.9. The van der Waals surface area contributed by atoms with E-state index in [4.69, 9.17) is 9.84 Å². The zero-order chi connectivity index (χ0) is 12.5. The van der Waals surface area contributed by atoms with Gasteiger partial charge in [-0.15, -0.1) is 0 Å². The third-order valence-corrected chi connectivity index (χ3v) is 2.19. The van der Waals surface area contributed by atoms with Crippen molar-refractivity contribution in [1.29, 1.82) is 0 Å². The summed E-state index contributed by atoms with van der Waals surface area (Å²) in [6.45, 7) is 0.738. The number of amides is 1. The minimum atomic E-state index is -0.371. The Kier molecular flexibility index (Phi) is 6.03. The molecule has 4 nitrogen and oxygen atoms in total. The second-order valence-electron chi connectivity index (χ2n) is 3.55. The van der Waals surface area contributed by atoms with E-state index in [-0.39, 0.29) is 24.6 Å². The molecule has 1 aromatic carbocycles. The van der Waals surface area contributed by atoms with Gasteiger partial charge in [0.15, 0.2) is 0 Å². The fourth-order valence-corrected chi connectivity index (χ4v) is 1.35. The van der Waals surface area contributed by atoms with Crippen molar-refractivity contribution in [3.05, 3.63) is 36.1 Å². The van der Waals surface area contributed by atoms with Gasteiger partial charge in [0.05, 0.1) is 0 Å². The molecule has 0 bridgehead atoms. The molecule has 0 radical (unpaired) electrons. The molecule has 94 valence electrons. The van der Waals surface area contributed by atoms with Crippen LogP contribution >= 0.6 is 0 Å². The zero-order valence-corrected chi connectivity index (χ0v) is 9.43. The molecule has 1 saturated heterocycles. The van der Waals surface area contributed by atoms with E-state index in [1.165, 1.54) is 12.1 Å². The molecule has 1 fully saturated rings. The molecule has 0 aromatic heterocycles. The molecule has 0 spiro atoms. The Morgan fingerprint density at radius 3 is 2.59 bits per heavy atom. The third-order valence-electron chi connectivity index (χ3n) is 2.19. The van der Waals surface area contributed by atoms with E-state index in [1.54, 1.807) is 18.2 Å². The van der Waals surface area contributed by atoms with Gasteiger partial charge in [0.25, 0.3) is 0 Å². The summed E-state index contributed by atoms with van der Waals surface area (Å²) < 4.78 is 16.7. The molecule has 2 N–H and O–H groups in total. The number of cyclic esters (lactones) is 1. The summed E-state index contributed by atoms with van der Waals surface area (Å²) in [5.74, 6) is -0.178. The first kappa shape index (κ1) is 13.4. The number of carbonyl (C=O) groups excluding carboxylic acids is 1. The van der Waals surface area contributed by atoms with Gasteiger partial charge >= 0.3 is 6.09 Å². The number of ether oxygens (including phenoxy) is 1. The van der Waals surface area contributed by atoms with Crippen LogP contribution in [0.3, 0.4) is 0 Å². The van der Waals surface area contributed by atoms with Gasteiger partial charge in [-0.3, -0.25) is 0 Å². The molecule has 17 heavy (non-hydrogen) atoms. The highest BCUT2D eigenvalue weighted by Crippen LogP contribution is 2.06. The summed E-state index contributed by atoms with van der Waals surface area (Å²) in [4.78, 5) is 10.5. The smallest absolute Gasteiger partial charge is 0.407 e. The zero-order valence-electron chi connectivity index (χ0n) is 9.43. The van der Waals surface area contributed by atoms with E-state index in [0.717, 1.165) is 6.42 Å². The summed E-state index contributed by atoms with van der Waals surface area (Å²) in [5.41, 5.74) is 0. The number of rotatable bonds is 2. The van der Waals surface area contributed by atoms with Crippen LogP contribution in [-0.4, -0.2) is 30.5 Å². The number of hydrogen-bond donors (Lipinski definition) is 2. The number of nitrogens with one attached hydrogen (secondary N) is 1. The van der Waals surface area contributed by atoms with Crippen molar-refractivity contribution in [2.75, 3.05) is 13.2 Å². The summed E-state index contributed by atoms with van der Waals surface area (Å²) in [6, 6.07) is 7.94. The molecule has 1 aromatic rings. The summed E-state index contributed by atoms with van der Waals surface area (Å²) >= 11 is 0. The molecule has 1 aliphatic heterocycles. The van der Waals surface area contributed by atoms with Crippen molar-refractivity contribution < 1.29 is 19.0 Å². The SMILES string of the molecule is Fc1ccccc1.O=C1NCCC(CCO)O1. The fourth-order valence-electron chi connectivity index (χ4n) is 1.35. The van der Waals surface area contributed by atoms with Crippen molar-refractivity contribution in [2.45, 2.75) is 18.9 Å². The van der Waals surface area contributed by atoms with E-state index >= 15 is 0 Å². The van der Waals surface area contributed by atoms with Crippen molar-refractivity contribution in [2.24, 2.45) is 0 Å². The van der Waals surface area contributed by atoms with Crippen molar-refractivity contribution >= 4 is 6.09 Å². The van der Waals surface area contributed by atoms with Crippen molar-refractivity contribution in [3.63, 3.8) is 0 Å². The number of carbonyl (C=O) groups is 1. The Morgan fingerprint density at radius 2 is 2.12 bits per heavy atom. The maximum Gasteiger partial charge on any atom is 0.407 e. The van der Waals surface area contributed by atoms with Gasteiger partial charge in [-0.05, 0) is 12.1 Å². The van der Waals surface area contributed by atoms with Gasteiger partial charge in [0, 0.05) is 26.0 Å². The van der Waals surface area contributed by atoms with E-state index in [2.05, 4.69) is 5.32 Å². The quantitative estimate of drug-likeness (QED) is 0.828. The predicted octanol–water partition coefficient (Wildman–Crippen LogP) is 1.69. The highest BCUT2D eigenvalue weighted by molar-refractivity contribution is 5.67. The summed E-state index contributed by atoms with van der Waals surface area (Å²) in [6.07, 6.45) is 0.892. The first-order chi connectivity index (χ1) is 8.22. The van der Waals surface area contributed by atoms with Crippen LogP contribution in [0.2, 0.25) is 0 Å². The number of hydrogen-bond acceptors (Lipinski definition) is 3. The van der Waals surface area contributed by atoms with E-state index < -0.39 is 0 Å². The normalized spacial score (nSPS) is 18.5. The van der Waals surface area contributed by atoms with Crippen LogP contribution in [0.15, 0.2) is 30.3 Å². The third kappa shape index (κ3) is 5.87. The Hall–Kier alpha value is -1.62. The highest BCUT2D eigenvalue weighted by Gasteiger charge is 2.18. The lowest BCUT2D eigenvalue weighted by atomic mass is 10.2. The molecule has 0 aliphatic carbocycles. The minimum absolute atomic E-state index is 0.0813. The molecule has 5 heteroatoms. The van der Waals surface area contributed by atoms with Crippen LogP contribution in [-0.2, 0) is 4.74 Å². The van der Waals surface area contributed by atoms with Gasteiger partial charge < -0.3 is 15.2 Å². The Labute approximate surface area is 99.4 Å². The molecular weight excluding hydrogens is 225 g/mol. The first-order valence-electron chi connectivity index (χ1n) is 5.48. The van der Waals surface area contributed by atoms with E-state index in [0.29, 0.717) is 13.0 Å². The number of aliphatic hydroxyl groups excluding tert-OH is 1. The van der Waals surface area contributed by atoms with E-state index in [1.807, 2.05) is 0 Å². The molecular formula is C12H16FNO3. The second kappa shape index (κ2) is 7.62. The number of alkyl carbamates (subject to hydrolysis) is 1. The molecule has 2 rings (SSSR count). The van der Waals surface area contributed by atoms with Crippen LogP contribution in [0.1, 0.15) is 12.8 Å². The minimum Gasteiger partial charge on any atom is -0.446 e. The molecule has 1 unspecified atom stereocenters. The van der Waals surface area contributed by atoms with Gasteiger partial charge in [-0.25, -0.2) is 9.18 Å². The average molecular weight is 241 g/mol. The predicted molar refractivity (Wildman–Crippen MR) is 61.0 cm³/mol. The molecule has 1 atom stereocenters. The Bertz CT molecular complexity index is 330. The van der Waals surface area contributed by atoms with Gasteiger partial charge in [0.1, 0.15) is 11.9 Å². The molecule has 1 amide bonds. The van der Waals surface area contributed by atoms with Gasteiger partial charge in [0.2, 0.25) is 0 Å². The van der Waals surface area contributed by atoms with Gasteiger partial charge in [-0.2, -0.15) is 0 Å². The summed E-state index contributed by atoms with van der Waals surface area (Å²) in [5, 5.41) is 11.0. The lowest BCUT2D eigenvalue weighted by Crippen LogP contribution is -2.38. The fraction of sp³-hybridized carbons (Fsp3) is 0.417. The lowest BCUT2D eigenvalue weighted by molar-refractivity contribution is 0.0586. The van der Waals surface area contributed by atoms with Crippen molar-refractivity contribution in [1.82, 2.24) is 5.32 Å². The maximum atomic E-state index is 11.9. The lowest BCUT2D eigenvalue weighted by Gasteiger charge is -2.21. The number of halogens is 1. The number of benzene rings is 1. The molecule has 0 saturated carbocycles. The Morgan fingerprint density at radius 1 is 1.41 bits per heavy atom. The van der Waals surface area contributed by atoms with Gasteiger partial charge in [-0.1, -0.05) is 18.2 Å². The topological polar surface area (TPSA) is 58.6 Å². The van der Waals surface area contributed by atoms with Crippen LogP contribution in [0.25, 0.3) is 0 Å². The standard InChI is InChI=1S/C6H5F.C6H11NO3/c7-6-4-2-1-3-5-6;8-4-2-5-1-3-7-6(9)10-5/h1-5H;5,8H,1-4H2,(H,7,9). The average Bonchev–Trinajstić information content (AvgIpc) is 2.31. The molecule has 1 heterocycles. The highest BCUT2D eigenvalue weighted by atomic mass is 19.1. The number of aliphatic hydroxyl groups is 1. The van der Waals surface area contributed by atoms with Crippen LogP contribution < -0.4 is 5.32 Å². The molecule has 1 aliphatic rings. The van der Waals surface area contributed by atoms with Crippen LogP contribution in [0.4, 0.5) is 9.18 Å². The summed E-state index contributed by atoms with van der Waals surface area (Å²) in [7, 11) is 0. The Balaban J connectivity index is 0.000000181. The largest absolute Gasteiger partial charge is 0.446 e. The second-order valence-corrected chi connectivity index (χ2v) is 3.55.